The smallest absolute Gasteiger partial charge is 0.229 e. The monoisotopic (exact) mass is 505 g/mol. The molecule has 0 saturated carbocycles. The predicted octanol–water partition coefficient (Wildman–Crippen LogP) is 7.57. The van der Waals surface area contributed by atoms with Crippen LogP contribution in [0.2, 0.25) is 0 Å². The standard InChI is InChI=1S/C32H35N5O/c1-5-37(6-2)27(24-19-17-23(18-20-24)22(3)4)21-33-30-28-31(35-29(34-30)25-13-9-7-10-14-25)36-32(38-28)26-15-11-8-12-16-26/h7-20,22,27H,5-6,21H2,1-4H3,(H,33,34,35)/t27-/m1/s1. The van der Waals surface area contributed by atoms with Crippen molar-refractivity contribution in [1.82, 2.24) is 19.9 Å². The average molecular weight is 506 g/mol. The van der Waals surface area contributed by atoms with Crippen molar-refractivity contribution in [3.05, 3.63) is 96.1 Å². The van der Waals surface area contributed by atoms with Gasteiger partial charge in [-0.1, -0.05) is 100 Å². The second-order valence-electron chi connectivity index (χ2n) is 9.74. The van der Waals surface area contributed by atoms with Crippen LogP contribution < -0.4 is 5.32 Å². The summed E-state index contributed by atoms with van der Waals surface area (Å²) in [5.74, 6) is 2.31. The van der Waals surface area contributed by atoms with E-state index in [1.165, 1.54) is 11.1 Å². The highest BCUT2D eigenvalue weighted by Gasteiger charge is 2.22. The van der Waals surface area contributed by atoms with Crippen LogP contribution in [-0.4, -0.2) is 39.5 Å². The molecule has 0 radical (unpaired) electrons. The molecule has 2 heterocycles. The minimum atomic E-state index is 0.174. The predicted molar refractivity (Wildman–Crippen MR) is 155 cm³/mol. The normalized spacial score (nSPS) is 12.4. The van der Waals surface area contributed by atoms with E-state index in [2.05, 4.69) is 62.2 Å². The molecule has 6 nitrogen and oxygen atoms in total. The summed E-state index contributed by atoms with van der Waals surface area (Å²) in [6.45, 7) is 11.4. The Hall–Kier alpha value is -4.03. The van der Waals surface area contributed by atoms with Crippen molar-refractivity contribution < 1.29 is 4.42 Å². The number of likely N-dealkylation sites (N-methyl/N-ethyl adjacent to an activating group) is 1. The lowest BCUT2D eigenvalue weighted by molar-refractivity contribution is 0.228. The highest BCUT2D eigenvalue weighted by molar-refractivity contribution is 5.85. The van der Waals surface area contributed by atoms with E-state index in [0.29, 0.717) is 41.2 Å². The van der Waals surface area contributed by atoms with E-state index in [0.717, 1.165) is 24.2 Å². The Bertz CT molecular complexity index is 1460. The average Bonchev–Trinajstić information content (AvgIpc) is 3.41. The molecule has 0 fully saturated rings. The fourth-order valence-corrected chi connectivity index (χ4v) is 4.78. The summed E-state index contributed by atoms with van der Waals surface area (Å²) in [7, 11) is 0. The summed E-state index contributed by atoms with van der Waals surface area (Å²) in [5.41, 5.74) is 5.58. The van der Waals surface area contributed by atoms with Crippen LogP contribution in [0.1, 0.15) is 50.8 Å². The Morgan fingerprint density at radius 3 is 1.95 bits per heavy atom. The molecule has 6 heteroatoms. The molecule has 0 unspecified atom stereocenters. The van der Waals surface area contributed by atoms with Crippen LogP contribution in [0.4, 0.5) is 5.82 Å². The molecule has 5 rings (SSSR count). The zero-order valence-corrected chi connectivity index (χ0v) is 22.6. The molecule has 1 atom stereocenters. The van der Waals surface area contributed by atoms with Crippen molar-refractivity contribution in [2.24, 2.45) is 0 Å². The van der Waals surface area contributed by atoms with Crippen LogP contribution in [-0.2, 0) is 0 Å². The first-order valence-electron chi connectivity index (χ1n) is 13.4. The number of oxazole rings is 1. The fraction of sp³-hybridized carbons (Fsp3) is 0.281. The van der Waals surface area contributed by atoms with Gasteiger partial charge in [-0.3, -0.25) is 4.90 Å². The maximum atomic E-state index is 6.26. The van der Waals surface area contributed by atoms with Crippen LogP contribution in [0, 0.1) is 0 Å². The Morgan fingerprint density at radius 1 is 0.737 bits per heavy atom. The van der Waals surface area contributed by atoms with E-state index < -0.39 is 0 Å². The van der Waals surface area contributed by atoms with Crippen molar-refractivity contribution in [3.63, 3.8) is 0 Å². The van der Waals surface area contributed by atoms with Crippen LogP contribution in [0.5, 0.6) is 0 Å². The van der Waals surface area contributed by atoms with E-state index >= 15 is 0 Å². The number of hydrogen-bond donors (Lipinski definition) is 1. The molecule has 38 heavy (non-hydrogen) atoms. The first kappa shape index (κ1) is 25.6. The molecule has 2 aromatic heterocycles. The van der Waals surface area contributed by atoms with Gasteiger partial charge in [0.05, 0.1) is 6.04 Å². The fourth-order valence-electron chi connectivity index (χ4n) is 4.78. The number of benzene rings is 3. The molecule has 1 N–H and O–H groups in total. The highest BCUT2D eigenvalue weighted by atomic mass is 16.3. The van der Waals surface area contributed by atoms with Crippen molar-refractivity contribution in [1.29, 1.82) is 0 Å². The summed E-state index contributed by atoms with van der Waals surface area (Å²) in [5, 5.41) is 3.62. The van der Waals surface area contributed by atoms with E-state index in [-0.39, 0.29) is 6.04 Å². The maximum absolute atomic E-state index is 6.26. The van der Waals surface area contributed by atoms with Gasteiger partial charge in [0, 0.05) is 17.7 Å². The Labute approximate surface area is 224 Å². The summed E-state index contributed by atoms with van der Waals surface area (Å²) in [6.07, 6.45) is 0. The number of rotatable bonds is 10. The number of nitrogens with one attached hydrogen (secondary N) is 1. The van der Waals surface area contributed by atoms with E-state index in [4.69, 9.17) is 19.4 Å². The van der Waals surface area contributed by atoms with Crippen LogP contribution in [0.25, 0.3) is 34.1 Å². The third kappa shape index (κ3) is 5.46. The van der Waals surface area contributed by atoms with Crippen molar-refractivity contribution in [3.8, 4) is 22.8 Å². The van der Waals surface area contributed by atoms with Crippen LogP contribution in [0.15, 0.2) is 89.3 Å². The van der Waals surface area contributed by atoms with Gasteiger partial charge in [0.25, 0.3) is 0 Å². The molecule has 3 aromatic carbocycles. The largest absolute Gasteiger partial charge is 0.430 e. The third-order valence-electron chi connectivity index (χ3n) is 7.01. The van der Waals surface area contributed by atoms with E-state index in [1.807, 2.05) is 60.7 Å². The maximum Gasteiger partial charge on any atom is 0.229 e. The molecule has 0 aliphatic rings. The zero-order chi connectivity index (χ0) is 26.5. The second-order valence-corrected chi connectivity index (χ2v) is 9.74. The number of aromatic nitrogens is 3. The quantitative estimate of drug-likeness (QED) is 0.211. The van der Waals surface area contributed by atoms with Gasteiger partial charge in [-0.15, -0.1) is 0 Å². The molecular weight excluding hydrogens is 470 g/mol. The van der Waals surface area contributed by atoms with Gasteiger partial charge in [-0.25, -0.2) is 9.97 Å². The van der Waals surface area contributed by atoms with Crippen LogP contribution in [0.3, 0.4) is 0 Å². The number of anilines is 1. The minimum absolute atomic E-state index is 0.174. The van der Waals surface area contributed by atoms with Gasteiger partial charge >= 0.3 is 0 Å². The lowest BCUT2D eigenvalue weighted by Crippen LogP contribution is -2.33. The van der Waals surface area contributed by atoms with Crippen molar-refractivity contribution in [2.45, 2.75) is 39.7 Å². The Kier molecular flexibility index (Phi) is 7.80. The Balaban J connectivity index is 1.53. The van der Waals surface area contributed by atoms with Gasteiger partial charge in [0.15, 0.2) is 11.6 Å². The molecule has 0 bridgehead atoms. The minimum Gasteiger partial charge on any atom is -0.430 e. The topological polar surface area (TPSA) is 67.1 Å². The first-order chi connectivity index (χ1) is 18.6. The number of nitrogens with zero attached hydrogens (tertiary/aromatic N) is 4. The number of hydrogen-bond acceptors (Lipinski definition) is 6. The van der Waals surface area contributed by atoms with Gasteiger partial charge in [0.1, 0.15) is 0 Å². The molecule has 0 aliphatic carbocycles. The van der Waals surface area contributed by atoms with Gasteiger partial charge in [0.2, 0.25) is 17.1 Å². The van der Waals surface area contributed by atoms with Gasteiger partial charge in [-0.2, -0.15) is 4.98 Å². The second kappa shape index (κ2) is 11.6. The summed E-state index contributed by atoms with van der Waals surface area (Å²) in [6, 6.07) is 29.1. The van der Waals surface area contributed by atoms with Crippen molar-refractivity contribution in [2.75, 3.05) is 25.0 Å². The molecule has 0 aliphatic heterocycles. The Morgan fingerprint density at radius 2 is 1.34 bits per heavy atom. The first-order valence-corrected chi connectivity index (χ1v) is 13.4. The van der Waals surface area contributed by atoms with E-state index in [9.17, 15) is 0 Å². The molecule has 5 aromatic rings. The highest BCUT2D eigenvalue weighted by Crippen LogP contribution is 2.31. The molecular formula is C32H35N5O. The summed E-state index contributed by atoms with van der Waals surface area (Å²) >= 11 is 0. The summed E-state index contributed by atoms with van der Waals surface area (Å²) < 4.78 is 6.26. The lowest BCUT2D eigenvalue weighted by atomic mass is 9.98. The third-order valence-corrected chi connectivity index (χ3v) is 7.01. The molecule has 194 valence electrons. The molecule has 0 saturated heterocycles. The molecule has 0 spiro atoms. The van der Waals surface area contributed by atoms with Crippen LogP contribution >= 0.6 is 0 Å². The number of fused-ring (bicyclic) bond motifs is 1. The molecule has 0 amide bonds. The zero-order valence-electron chi connectivity index (χ0n) is 22.6. The van der Waals surface area contributed by atoms with Crippen molar-refractivity contribution >= 4 is 17.0 Å². The van der Waals surface area contributed by atoms with Gasteiger partial charge < -0.3 is 9.73 Å². The summed E-state index contributed by atoms with van der Waals surface area (Å²) in [4.78, 5) is 16.9. The van der Waals surface area contributed by atoms with E-state index in [1.54, 1.807) is 0 Å². The SMILES string of the molecule is CCN(CC)[C@H](CNc1nc(-c2ccccc2)nc2nc(-c3ccccc3)oc12)c1ccc(C(C)C)cc1. The lowest BCUT2D eigenvalue weighted by Gasteiger charge is -2.30. The van der Waals surface area contributed by atoms with Gasteiger partial charge in [-0.05, 0) is 42.3 Å².